The molecule has 0 bridgehead atoms. The van der Waals surface area contributed by atoms with E-state index < -0.39 is 27.3 Å². The van der Waals surface area contributed by atoms with Gasteiger partial charge in [0.2, 0.25) is 17.2 Å². The van der Waals surface area contributed by atoms with Gasteiger partial charge in [-0.3, -0.25) is 13.9 Å². The van der Waals surface area contributed by atoms with E-state index in [1.54, 1.807) is 24.3 Å². The second-order valence-electron chi connectivity index (χ2n) is 8.48. The molecule has 0 spiro atoms. The number of aromatic hydroxyl groups is 1. The maximum Gasteiger partial charge on any atom is 0.281 e. The van der Waals surface area contributed by atoms with E-state index in [-0.39, 0.29) is 34.0 Å². The van der Waals surface area contributed by atoms with Crippen molar-refractivity contribution in [2.45, 2.75) is 19.6 Å². The third-order valence-corrected chi connectivity index (χ3v) is 6.34. The molecule has 0 unspecified atom stereocenters. The molecule has 0 fully saturated rings. The summed E-state index contributed by atoms with van der Waals surface area (Å²) in [6.07, 6.45) is 0. The highest BCUT2D eigenvalue weighted by molar-refractivity contribution is 7.85. The third-order valence-electron chi connectivity index (χ3n) is 5.51. The predicted molar refractivity (Wildman–Crippen MR) is 147 cm³/mol. The molecule has 2 aromatic heterocycles. The van der Waals surface area contributed by atoms with Crippen LogP contribution in [-0.2, 0) is 22.9 Å². The van der Waals surface area contributed by atoms with E-state index in [4.69, 9.17) is 11.6 Å². The SMILES string of the molecule is Cc1ccc(Nc2nc(Cl)nc(Nc3cccc(N=Nc4c(C)c(CS(=O)(=O)O)c(O)n(C)c4=O)c3)n2)cc1. The van der Waals surface area contributed by atoms with Crippen molar-refractivity contribution < 1.29 is 18.1 Å². The van der Waals surface area contributed by atoms with Gasteiger partial charge >= 0.3 is 0 Å². The fourth-order valence-electron chi connectivity index (χ4n) is 3.51. The highest BCUT2D eigenvalue weighted by Gasteiger charge is 2.21. The molecule has 4 rings (SSSR count). The Morgan fingerprint density at radius 2 is 1.62 bits per heavy atom. The number of aryl methyl sites for hydroxylation is 1. The number of nitrogens with zero attached hydrogens (tertiary/aromatic N) is 6. The molecule has 15 heteroatoms. The van der Waals surface area contributed by atoms with E-state index in [1.165, 1.54) is 14.0 Å². The minimum Gasteiger partial charge on any atom is -0.494 e. The van der Waals surface area contributed by atoms with Gasteiger partial charge in [-0.25, -0.2) is 0 Å². The number of anilines is 4. The first kappa shape index (κ1) is 27.6. The zero-order valence-electron chi connectivity index (χ0n) is 20.9. The number of hydrogen-bond donors (Lipinski definition) is 4. The summed E-state index contributed by atoms with van der Waals surface area (Å²) in [6, 6.07) is 14.3. The van der Waals surface area contributed by atoms with Crippen LogP contribution in [0.3, 0.4) is 0 Å². The molecule has 0 atom stereocenters. The lowest BCUT2D eigenvalue weighted by molar-refractivity contribution is 0.415. The van der Waals surface area contributed by atoms with Gasteiger partial charge in [0.25, 0.3) is 15.7 Å². The van der Waals surface area contributed by atoms with Crippen LogP contribution in [0.25, 0.3) is 0 Å². The number of pyridine rings is 1. The van der Waals surface area contributed by atoms with Gasteiger partial charge < -0.3 is 15.7 Å². The fraction of sp³-hybridized carbons (Fsp3) is 0.167. The van der Waals surface area contributed by atoms with Crippen LogP contribution >= 0.6 is 11.6 Å². The minimum absolute atomic E-state index is 0.0303. The fourth-order valence-corrected chi connectivity index (χ4v) is 4.38. The molecule has 2 heterocycles. The molecule has 202 valence electrons. The van der Waals surface area contributed by atoms with E-state index in [1.807, 2.05) is 31.2 Å². The van der Waals surface area contributed by atoms with E-state index >= 15 is 0 Å². The summed E-state index contributed by atoms with van der Waals surface area (Å²) in [5, 5.41) is 24.4. The van der Waals surface area contributed by atoms with Crippen molar-refractivity contribution in [2.75, 3.05) is 10.6 Å². The second-order valence-corrected chi connectivity index (χ2v) is 10.3. The Labute approximate surface area is 228 Å². The molecule has 0 radical (unpaired) electrons. The molecule has 0 aliphatic heterocycles. The Bertz CT molecular complexity index is 1740. The maximum absolute atomic E-state index is 12.7. The van der Waals surface area contributed by atoms with Crippen LogP contribution < -0.4 is 16.2 Å². The quantitative estimate of drug-likeness (QED) is 0.169. The van der Waals surface area contributed by atoms with Crippen LogP contribution in [-0.4, -0.2) is 37.6 Å². The molecule has 4 aromatic rings. The summed E-state index contributed by atoms with van der Waals surface area (Å²) in [4.78, 5) is 25.2. The van der Waals surface area contributed by atoms with E-state index in [0.29, 0.717) is 11.4 Å². The molecular formula is C24H23ClN8O5S. The zero-order chi connectivity index (χ0) is 28.3. The number of benzene rings is 2. The molecular weight excluding hydrogens is 548 g/mol. The van der Waals surface area contributed by atoms with E-state index in [2.05, 4.69) is 35.8 Å². The summed E-state index contributed by atoms with van der Waals surface area (Å²) in [5.74, 6) is -1.09. The lowest BCUT2D eigenvalue weighted by Crippen LogP contribution is -2.20. The zero-order valence-corrected chi connectivity index (χ0v) is 22.5. The largest absolute Gasteiger partial charge is 0.494 e. The molecule has 2 aromatic carbocycles. The average Bonchev–Trinajstić information content (AvgIpc) is 2.86. The molecule has 4 N–H and O–H groups in total. The number of halogens is 1. The minimum atomic E-state index is -4.48. The van der Waals surface area contributed by atoms with Gasteiger partial charge in [-0.2, -0.15) is 28.5 Å². The smallest absolute Gasteiger partial charge is 0.281 e. The van der Waals surface area contributed by atoms with Crippen molar-refractivity contribution in [3.8, 4) is 5.88 Å². The van der Waals surface area contributed by atoms with Crippen molar-refractivity contribution in [3.63, 3.8) is 0 Å². The molecule has 0 aliphatic carbocycles. The number of rotatable bonds is 8. The van der Waals surface area contributed by atoms with Crippen molar-refractivity contribution >= 4 is 56.4 Å². The number of azo groups is 1. The van der Waals surface area contributed by atoms with Crippen molar-refractivity contribution in [3.05, 3.63) is 80.9 Å². The number of nitrogens with one attached hydrogen (secondary N) is 2. The Hall–Kier alpha value is -4.40. The van der Waals surface area contributed by atoms with Crippen LogP contribution in [0.15, 0.2) is 63.6 Å². The lowest BCUT2D eigenvalue weighted by atomic mass is 10.1. The molecule has 0 saturated carbocycles. The van der Waals surface area contributed by atoms with Gasteiger partial charge in [-0.15, -0.1) is 5.11 Å². The van der Waals surface area contributed by atoms with Gasteiger partial charge in [0.1, 0.15) is 5.75 Å². The highest BCUT2D eigenvalue weighted by atomic mass is 35.5. The molecule has 13 nitrogen and oxygen atoms in total. The summed E-state index contributed by atoms with van der Waals surface area (Å²) < 4.78 is 32.9. The van der Waals surface area contributed by atoms with Crippen LogP contribution in [0.2, 0.25) is 5.28 Å². The Morgan fingerprint density at radius 1 is 0.974 bits per heavy atom. The maximum atomic E-state index is 12.7. The first-order valence-electron chi connectivity index (χ1n) is 11.3. The molecule has 0 aliphatic rings. The summed E-state index contributed by atoms with van der Waals surface area (Å²) in [6.45, 7) is 3.38. The van der Waals surface area contributed by atoms with Gasteiger partial charge in [-0.1, -0.05) is 23.8 Å². The average molecular weight is 571 g/mol. The molecule has 39 heavy (non-hydrogen) atoms. The normalized spacial score (nSPS) is 11.6. The topological polar surface area (TPSA) is 184 Å². The Morgan fingerprint density at radius 3 is 2.26 bits per heavy atom. The lowest BCUT2D eigenvalue weighted by Gasteiger charge is -2.12. The van der Waals surface area contributed by atoms with Gasteiger partial charge in [0.15, 0.2) is 11.6 Å². The highest BCUT2D eigenvalue weighted by Crippen LogP contribution is 2.29. The van der Waals surface area contributed by atoms with Gasteiger partial charge in [0, 0.05) is 24.0 Å². The molecule has 0 amide bonds. The van der Waals surface area contributed by atoms with Crippen molar-refractivity contribution in [1.82, 2.24) is 19.5 Å². The van der Waals surface area contributed by atoms with E-state index in [9.17, 15) is 22.9 Å². The van der Waals surface area contributed by atoms with Crippen LogP contribution in [0.4, 0.5) is 34.6 Å². The first-order valence-corrected chi connectivity index (χ1v) is 13.3. The van der Waals surface area contributed by atoms with Crippen molar-refractivity contribution in [2.24, 2.45) is 17.3 Å². The van der Waals surface area contributed by atoms with Crippen molar-refractivity contribution in [1.29, 1.82) is 0 Å². The summed E-state index contributed by atoms with van der Waals surface area (Å²) >= 11 is 6.08. The molecule has 0 saturated heterocycles. The third kappa shape index (κ3) is 6.93. The predicted octanol–water partition coefficient (Wildman–Crippen LogP) is 4.84. The monoisotopic (exact) mass is 570 g/mol. The van der Waals surface area contributed by atoms with Crippen LogP contribution in [0.5, 0.6) is 5.88 Å². The van der Waals surface area contributed by atoms with Gasteiger partial charge in [-0.05, 0) is 61.3 Å². The number of aromatic nitrogens is 4. The summed E-state index contributed by atoms with van der Waals surface area (Å²) in [7, 11) is -3.24. The number of hydrogen-bond acceptors (Lipinski definition) is 11. The van der Waals surface area contributed by atoms with Gasteiger partial charge in [0.05, 0.1) is 5.69 Å². The van der Waals surface area contributed by atoms with Crippen LogP contribution in [0, 0.1) is 13.8 Å². The second kappa shape index (κ2) is 11.1. The Balaban J connectivity index is 1.59. The standard InChI is InChI=1S/C24H23ClN8O5S/c1-13-7-9-15(10-8-13)26-23-28-22(25)29-24(30-23)27-16-5-4-6-17(11-16)31-32-19-14(2)18(12-39(36,37)38)20(34)33(3)21(19)35/h4-11,34H,12H2,1-3H3,(H,36,37,38)(H2,26,27,28,29,30). The van der Waals surface area contributed by atoms with E-state index in [0.717, 1.165) is 15.8 Å². The summed E-state index contributed by atoms with van der Waals surface area (Å²) in [5.41, 5.74) is 1.76. The van der Waals surface area contributed by atoms with Crippen LogP contribution in [0.1, 0.15) is 16.7 Å². The Kier molecular flexibility index (Phi) is 7.90. The first-order chi connectivity index (χ1) is 18.4.